The van der Waals surface area contributed by atoms with Gasteiger partial charge in [-0.05, 0) is 60.2 Å². The molecule has 9 heteroatoms. The standard InChI is InChI=1S/C23H20BrFN4O2S/c1-30-21-5-3-2-4-19(21)22-27-28-23(32)29(22)26-13-16-12-17(24)8-11-20(16)31-14-15-6-9-18(25)10-7-15/h2-12,26H,13-14H2,1H3,(H,28,32). The predicted molar refractivity (Wildman–Crippen MR) is 127 cm³/mol. The summed E-state index contributed by atoms with van der Waals surface area (Å²) >= 11 is 8.94. The van der Waals surface area contributed by atoms with Gasteiger partial charge in [-0.25, -0.2) is 14.2 Å². The number of nitrogens with zero attached hydrogens (tertiary/aromatic N) is 2. The molecule has 0 aliphatic heterocycles. The summed E-state index contributed by atoms with van der Waals surface area (Å²) in [6, 6.07) is 19.6. The van der Waals surface area contributed by atoms with Gasteiger partial charge in [-0.3, -0.25) is 0 Å². The molecule has 1 heterocycles. The van der Waals surface area contributed by atoms with Crippen LogP contribution in [0, 0.1) is 10.6 Å². The van der Waals surface area contributed by atoms with E-state index in [1.54, 1.807) is 23.9 Å². The lowest BCUT2D eigenvalue weighted by Gasteiger charge is -2.15. The maximum atomic E-state index is 13.1. The van der Waals surface area contributed by atoms with Crippen LogP contribution in [0.25, 0.3) is 11.4 Å². The Kier molecular flexibility index (Phi) is 6.87. The van der Waals surface area contributed by atoms with E-state index in [1.165, 1.54) is 12.1 Å². The van der Waals surface area contributed by atoms with Gasteiger partial charge < -0.3 is 14.9 Å². The first-order chi connectivity index (χ1) is 15.5. The van der Waals surface area contributed by atoms with Crippen molar-refractivity contribution in [2.75, 3.05) is 12.5 Å². The zero-order valence-electron chi connectivity index (χ0n) is 17.1. The largest absolute Gasteiger partial charge is 0.496 e. The second-order valence-electron chi connectivity index (χ2n) is 6.89. The summed E-state index contributed by atoms with van der Waals surface area (Å²) in [5, 5.41) is 7.19. The molecule has 6 nitrogen and oxygen atoms in total. The summed E-state index contributed by atoms with van der Waals surface area (Å²) in [6.07, 6.45) is 0. The number of benzene rings is 3. The van der Waals surface area contributed by atoms with E-state index in [9.17, 15) is 4.39 Å². The summed E-state index contributed by atoms with van der Waals surface area (Å²) < 4.78 is 27.7. The van der Waals surface area contributed by atoms with E-state index in [0.29, 0.717) is 35.2 Å². The fourth-order valence-corrected chi connectivity index (χ4v) is 3.79. The van der Waals surface area contributed by atoms with Crippen LogP contribution in [0.5, 0.6) is 11.5 Å². The Morgan fingerprint density at radius 3 is 2.66 bits per heavy atom. The minimum absolute atomic E-state index is 0.273. The van der Waals surface area contributed by atoms with Gasteiger partial charge in [0, 0.05) is 10.0 Å². The van der Waals surface area contributed by atoms with Crippen LogP contribution in [-0.2, 0) is 13.2 Å². The number of halogens is 2. The summed E-state index contributed by atoms with van der Waals surface area (Å²) in [5.74, 6) is 1.73. The summed E-state index contributed by atoms with van der Waals surface area (Å²) in [4.78, 5) is 0. The van der Waals surface area contributed by atoms with Crippen LogP contribution in [0.3, 0.4) is 0 Å². The fourth-order valence-electron chi connectivity index (χ4n) is 3.19. The molecular weight excluding hydrogens is 495 g/mol. The lowest BCUT2D eigenvalue weighted by molar-refractivity contribution is 0.303. The van der Waals surface area contributed by atoms with Gasteiger partial charge in [0.2, 0.25) is 4.77 Å². The zero-order valence-corrected chi connectivity index (χ0v) is 19.5. The molecular formula is C23H20BrFN4O2S. The van der Waals surface area contributed by atoms with E-state index < -0.39 is 0 Å². The average Bonchev–Trinajstić information content (AvgIpc) is 3.18. The molecule has 0 spiro atoms. The van der Waals surface area contributed by atoms with E-state index in [2.05, 4.69) is 31.6 Å². The number of hydrogen-bond acceptors (Lipinski definition) is 5. The van der Waals surface area contributed by atoms with Crippen molar-refractivity contribution in [1.29, 1.82) is 0 Å². The molecule has 2 N–H and O–H groups in total. The van der Waals surface area contributed by atoms with Crippen LogP contribution in [0.1, 0.15) is 11.1 Å². The zero-order chi connectivity index (χ0) is 22.5. The number of hydrogen-bond donors (Lipinski definition) is 2. The predicted octanol–water partition coefficient (Wildman–Crippen LogP) is 5.84. The van der Waals surface area contributed by atoms with Crippen molar-refractivity contribution in [3.8, 4) is 22.9 Å². The summed E-state index contributed by atoms with van der Waals surface area (Å²) in [7, 11) is 1.62. The molecule has 32 heavy (non-hydrogen) atoms. The van der Waals surface area contributed by atoms with Crippen molar-refractivity contribution in [3.63, 3.8) is 0 Å². The van der Waals surface area contributed by atoms with Crippen LogP contribution in [-0.4, -0.2) is 22.0 Å². The number of methoxy groups -OCH3 is 1. The SMILES string of the molecule is COc1ccccc1-c1n[nH]c(=S)n1NCc1cc(Br)ccc1OCc1ccc(F)cc1. The van der Waals surface area contributed by atoms with Gasteiger partial charge in [0.25, 0.3) is 0 Å². The third kappa shape index (κ3) is 5.00. The van der Waals surface area contributed by atoms with Crippen LogP contribution in [0.4, 0.5) is 4.39 Å². The lowest BCUT2D eigenvalue weighted by Crippen LogP contribution is -2.16. The van der Waals surface area contributed by atoms with Crippen LogP contribution >= 0.6 is 28.1 Å². The Balaban J connectivity index is 1.56. The molecule has 0 amide bonds. The highest BCUT2D eigenvalue weighted by atomic mass is 79.9. The molecule has 1 aromatic heterocycles. The summed E-state index contributed by atoms with van der Waals surface area (Å²) in [5.41, 5.74) is 5.91. The molecule has 0 unspecified atom stereocenters. The minimum atomic E-state index is -0.273. The first-order valence-electron chi connectivity index (χ1n) is 9.75. The molecule has 0 aliphatic rings. The van der Waals surface area contributed by atoms with Crippen LogP contribution in [0.2, 0.25) is 0 Å². The molecule has 3 aromatic carbocycles. The van der Waals surface area contributed by atoms with E-state index in [1.807, 2.05) is 42.5 Å². The molecule has 4 aromatic rings. The quantitative estimate of drug-likeness (QED) is 0.289. The Bertz CT molecular complexity index is 1270. The third-order valence-corrected chi connectivity index (χ3v) is 5.55. The second kappa shape index (κ2) is 9.97. The molecule has 0 bridgehead atoms. The van der Waals surface area contributed by atoms with Gasteiger partial charge in [-0.1, -0.05) is 40.2 Å². The van der Waals surface area contributed by atoms with Crippen molar-refractivity contribution in [3.05, 3.63) is 92.9 Å². The number of nitrogens with one attached hydrogen (secondary N) is 2. The maximum Gasteiger partial charge on any atom is 0.214 e. The van der Waals surface area contributed by atoms with Crippen LogP contribution in [0.15, 0.2) is 71.2 Å². The minimum Gasteiger partial charge on any atom is -0.496 e. The number of H-pyrrole nitrogens is 1. The summed E-state index contributed by atoms with van der Waals surface area (Å²) in [6.45, 7) is 0.751. The highest BCUT2D eigenvalue weighted by molar-refractivity contribution is 9.10. The van der Waals surface area contributed by atoms with Crippen molar-refractivity contribution < 1.29 is 13.9 Å². The van der Waals surface area contributed by atoms with E-state index in [-0.39, 0.29) is 5.82 Å². The maximum absolute atomic E-state index is 13.1. The Morgan fingerprint density at radius 2 is 1.88 bits per heavy atom. The van der Waals surface area contributed by atoms with E-state index >= 15 is 0 Å². The van der Waals surface area contributed by atoms with Gasteiger partial charge in [-0.2, -0.15) is 5.10 Å². The molecule has 0 saturated heterocycles. The molecule has 0 radical (unpaired) electrons. The van der Waals surface area contributed by atoms with Crippen molar-refractivity contribution >= 4 is 28.1 Å². The van der Waals surface area contributed by atoms with E-state index in [0.717, 1.165) is 21.2 Å². The molecule has 0 fully saturated rings. The van der Waals surface area contributed by atoms with Crippen molar-refractivity contribution in [2.45, 2.75) is 13.2 Å². The lowest BCUT2D eigenvalue weighted by atomic mass is 10.2. The van der Waals surface area contributed by atoms with Crippen molar-refractivity contribution in [2.24, 2.45) is 0 Å². The number of aromatic amines is 1. The number of rotatable bonds is 8. The van der Waals surface area contributed by atoms with Crippen LogP contribution < -0.4 is 14.9 Å². The molecule has 0 saturated carbocycles. The smallest absolute Gasteiger partial charge is 0.214 e. The fraction of sp³-hybridized carbons (Fsp3) is 0.130. The third-order valence-electron chi connectivity index (χ3n) is 4.78. The second-order valence-corrected chi connectivity index (χ2v) is 8.19. The van der Waals surface area contributed by atoms with Gasteiger partial charge in [-0.15, -0.1) is 0 Å². The van der Waals surface area contributed by atoms with Gasteiger partial charge in [0.05, 0.1) is 19.2 Å². The monoisotopic (exact) mass is 514 g/mol. The number of para-hydroxylation sites is 1. The molecule has 0 atom stereocenters. The highest BCUT2D eigenvalue weighted by Crippen LogP contribution is 2.28. The first-order valence-corrected chi connectivity index (χ1v) is 11.0. The number of ether oxygens (including phenoxy) is 2. The highest BCUT2D eigenvalue weighted by Gasteiger charge is 2.14. The topological polar surface area (TPSA) is 64.1 Å². The van der Waals surface area contributed by atoms with Gasteiger partial charge >= 0.3 is 0 Å². The Morgan fingerprint density at radius 1 is 1.09 bits per heavy atom. The van der Waals surface area contributed by atoms with Gasteiger partial charge in [0.15, 0.2) is 5.82 Å². The Labute approximate surface area is 198 Å². The average molecular weight is 515 g/mol. The Hall–Kier alpha value is -3.17. The molecule has 0 aliphatic carbocycles. The molecule has 4 rings (SSSR count). The number of aromatic nitrogens is 3. The molecule has 164 valence electrons. The normalized spacial score (nSPS) is 10.7. The van der Waals surface area contributed by atoms with Gasteiger partial charge in [0.1, 0.15) is 23.9 Å². The first kappa shape index (κ1) is 22.0. The van der Waals surface area contributed by atoms with Crippen molar-refractivity contribution in [1.82, 2.24) is 14.9 Å². The van der Waals surface area contributed by atoms with E-state index in [4.69, 9.17) is 21.7 Å².